The molecule has 0 spiro atoms. The summed E-state index contributed by atoms with van der Waals surface area (Å²) in [6.07, 6.45) is 2.08. The van der Waals surface area contributed by atoms with Crippen LogP contribution in [0.3, 0.4) is 0 Å². The number of amides is 1. The van der Waals surface area contributed by atoms with Crippen LogP contribution in [-0.2, 0) is 10.0 Å². The van der Waals surface area contributed by atoms with Crippen molar-refractivity contribution in [3.63, 3.8) is 0 Å². The Bertz CT molecular complexity index is 588. The summed E-state index contributed by atoms with van der Waals surface area (Å²) in [7, 11) is -3.49. The molecule has 1 heterocycles. The maximum absolute atomic E-state index is 12.2. The normalized spacial score (nSPS) is 15.7. The number of likely N-dealkylation sites (tertiary alicyclic amines) is 1. The summed E-state index contributed by atoms with van der Waals surface area (Å²) in [4.78, 5) is 14.2. The first-order valence-corrected chi connectivity index (χ1v) is 8.77. The lowest BCUT2D eigenvalue weighted by atomic mass is 10.2. The van der Waals surface area contributed by atoms with Gasteiger partial charge in [-0.15, -0.1) is 0 Å². The number of carbonyl (C=O) groups is 1. The monoisotopic (exact) mass is 310 g/mol. The fraction of sp³-hybridized carbons (Fsp3) is 0.533. The molecule has 1 saturated heterocycles. The summed E-state index contributed by atoms with van der Waals surface area (Å²) in [5, 5.41) is 0. The summed E-state index contributed by atoms with van der Waals surface area (Å²) in [6.45, 7) is 5.86. The quantitative estimate of drug-likeness (QED) is 0.902. The van der Waals surface area contributed by atoms with Gasteiger partial charge in [0.2, 0.25) is 10.0 Å². The highest BCUT2D eigenvalue weighted by molar-refractivity contribution is 7.89. The molecule has 1 amide bonds. The van der Waals surface area contributed by atoms with E-state index in [0.29, 0.717) is 12.1 Å². The van der Waals surface area contributed by atoms with Crippen LogP contribution in [0.4, 0.5) is 0 Å². The van der Waals surface area contributed by atoms with Crippen molar-refractivity contribution in [1.29, 1.82) is 0 Å². The lowest BCUT2D eigenvalue weighted by Gasteiger charge is -2.15. The van der Waals surface area contributed by atoms with Gasteiger partial charge in [-0.1, -0.05) is 13.8 Å². The van der Waals surface area contributed by atoms with Gasteiger partial charge in [-0.3, -0.25) is 4.79 Å². The summed E-state index contributed by atoms with van der Waals surface area (Å²) in [6, 6.07) is 6.16. The third-order valence-corrected chi connectivity index (χ3v) is 4.93. The zero-order chi connectivity index (χ0) is 15.5. The Labute approximate surface area is 126 Å². The third kappa shape index (κ3) is 4.04. The van der Waals surface area contributed by atoms with E-state index in [1.165, 1.54) is 12.1 Å². The van der Waals surface area contributed by atoms with Gasteiger partial charge in [0, 0.05) is 25.2 Å². The summed E-state index contributed by atoms with van der Waals surface area (Å²) < 4.78 is 26.7. The SMILES string of the molecule is CC(C)CNS(=O)(=O)c1ccc(C(=O)N2CCCC2)cc1. The zero-order valence-corrected chi connectivity index (χ0v) is 13.3. The highest BCUT2D eigenvalue weighted by atomic mass is 32.2. The largest absolute Gasteiger partial charge is 0.339 e. The Morgan fingerprint density at radius 1 is 1.19 bits per heavy atom. The van der Waals surface area contributed by atoms with E-state index in [0.717, 1.165) is 25.9 Å². The first kappa shape index (κ1) is 16.0. The molecule has 0 atom stereocenters. The molecule has 1 aliphatic heterocycles. The van der Waals surface area contributed by atoms with Crippen molar-refractivity contribution < 1.29 is 13.2 Å². The zero-order valence-electron chi connectivity index (χ0n) is 12.5. The van der Waals surface area contributed by atoms with Crippen molar-refractivity contribution in [3.05, 3.63) is 29.8 Å². The van der Waals surface area contributed by atoms with Crippen molar-refractivity contribution in [2.24, 2.45) is 5.92 Å². The molecule has 2 rings (SSSR count). The number of hydrogen-bond donors (Lipinski definition) is 1. The fourth-order valence-corrected chi connectivity index (χ4v) is 3.45. The minimum absolute atomic E-state index is 0.0217. The minimum atomic E-state index is -3.49. The number of carbonyl (C=O) groups excluding carboxylic acids is 1. The molecule has 0 bridgehead atoms. The number of hydrogen-bond acceptors (Lipinski definition) is 3. The number of nitrogens with one attached hydrogen (secondary N) is 1. The van der Waals surface area contributed by atoms with Gasteiger partial charge >= 0.3 is 0 Å². The second-order valence-electron chi connectivity index (χ2n) is 5.77. The Morgan fingerprint density at radius 2 is 1.76 bits per heavy atom. The number of rotatable bonds is 5. The molecule has 1 aromatic carbocycles. The number of sulfonamides is 1. The second kappa shape index (κ2) is 6.58. The maximum Gasteiger partial charge on any atom is 0.253 e. The topological polar surface area (TPSA) is 66.5 Å². The molecular formula is C15H22N2O3S. The standard InChI is InChI=1S/C15H22N2O3S/c1-12(2)11-16-21(19,20)14-7-5-13(6-8-14)15(18)17-9-3-4-10-17/h5-8,12,16H,3-4,9-11H2,1-2H3. The molecule has 0 radical (unpaired) electrons. The first-order chi connectivity index (χ1) is 9.90. The van der Waals surface area contributed by atoms with Gasteiger partial charge < -0.3 is 4.90 Å². The molecule has 0 aliphatic carbocycles. The van der Waals surface area contributed by atoms with Gasteiger partial charge in [-0.2, -0.15) is 0 Å². The summed E-state index contributed by atoms with van der Waals surface area (Å²) in [5.74, 6) is 0.224. The van der Waals surface area contributed by atoms with Crippen LogP contribution in [-0.4, -0.2) is 38.9 Å². The fourth-order valence-electron chi connectivity index (χ4n) is 2.24. The molecule has 21 heavy (non-hydrogen) atoms. The Hall–Kier alpha value is -1.40. The minimum Gasteiger partial charge on any atom is -0.339 e. The van der Waals surface area contributed by atoms with E-state index < -0.39 is 10.0 Å². The molecule has 1 aliphatic rings. The molecule has 0 aromatic heterocycles. The van der Waals surface area contributed by atoms with Gasteiger partial charge in [0.1, 0.15) is 0 Å². The van der Waals surface area contributed by atoms with Gasteiger partial charge in [-0.25, -0.2) is 13.1 Å². The van der Waals surface area contributed by atoms with Crippen LogP contribution in [0, 0.1) is 5.92 Å². The van der Waals surface area contributed by atoms with E-state index >= 15 is 0 Å². The van der Waals surface area contributed by atoms with E-state index in [2.05, 4.69) is 4.72 Å². The van der Waals surface area contributed by atoms with Crippen LogP contribution >= 0.6 is 0 Å². The molecule has 116 valence electrons. The molecule has 1 aromatic rings. The van der Waals surface area contributed by atoms with Crippen molar-refractivity contribution in [1.82, 2.24) is 9.62 Å². The van der Waals surface area contributed by atoms with Gasteiger partial charge in [0.25, 0.3) is 5.91 Å². The van der Waals surface area contributed by atoms with Gasteiger partial charge in [-0.05, 0) is 43.0 Å². The van der Waals surface area contributed by atoms with E-state index in [4.69, 9.17) is 0 Å². The average Bonchev–Trinajstić information content (AvgIpc) is 2.99. The number of benzene rings is 1. The lowest BCUT2D eigenvalue weighted by Crippen LogP contribution is -2.28. The van der Waals surface area contributed by atoms with Crippen molar-refractivity contribution >= 4 is 15.9 Å². The Morgan fingerprint density at radius 3 is 2.29 bits per heavy atom. The van der Waals surface area contributed by atoms with E-state index in [1.54, 1.807) is 17.0 Å². The van der Waals surface area contributed by atoms with Crippen molar-refractivity contribution in [3.8, 4) is 0 Å². The lowest BCUT2D eigenvalue weighted by molar-refractivity contribution is 0.0792. The van der Waals surface area contributed by atoms with Crippen molar-refractivity contribution in [2.75, 3.05) is 19.6 Å². The first-order valence-electron chi connectivity index (χ1n) is 7.29. The van der Waals surface area contributed by atoms with Crippen LogP contribution in [0.15, 0.2) is 29.2 Å². The molecule has 0 saturated carbocycles. The molecule has 5 nitrogen and oxygen atoms in total. The van der Waals surface area contributed by atoms with Crippen LogP contribution in [0.25, 0.3) is 0 Å². The average molecular weight is 310 g/mol. The Kier molecular flexibility index (Phi) is 5.00. The smallest absolute Gasteiger partial charge is 0.253 e. The molecular weight excluding hydrogens is 288 g/mol. The van der Waals surface area contributed by atoms with Crippen molar-refractivity contribution in [2.45, 2.75) is 31.6 Å². The van der Waals surface area contributed by atoms with Gasteiger partial charge in [0.15, 0.2) is 0 Å². The second-order valence-corrected chi connectivity index (χ2v) is 7.54. The molecule has 6 heteroatoms. The van der Waals surface area contributed by atoms with Crippen LogP contribution in [0.5, 0.6) is 0 Å². The maximum atomic E-state index is 12.2. The van der Waals surface area contributed by atoms with Crippen LogP contribution < -0.4 is 4.72 Å². The van der Waals surface area contributed by atoms with Crippen LogP contribution in [0.1, 0.15) is 37.0 Å². The van der Waals surface area contributed by atoms with Crippen LogP contribution in [0.2, 0.25) is 0 Å². The highest BCUT2D eigenvalue weighted by Gasteiger charge is 2.20. The Balaban J connectivity index is 2.09. The summed E-state index contributed by atoms with van der Waals surface area (Å²) in [5.41, 5.74) is 0.541. The summed E-state index contributed by atoms with van der Waals surface area (Å²) >= 11 is 0. The predicted octanol–water partition coefficient (Wildman–Crippen LogP) is 1.86. The highest BCUT2D eigenvalue weighted by Crippen LogP contribution is 2.15. The molecule has 1 fully saturated rings. The van der Waals surface area contributed by atoms with E-state index in [-0.39, 0.29) is 16.7 Å². The number of nitrogens with zero attached hydrogens (tertiary/aromatic N) is 1. The van der Waals surface area contributed by atoms with Gasteiger partial charge in [0.05, 0.1) is 4.90 Å². The van der Waals surface area contributed by atoms with E-state index in [9.17, 15) is 13.2 Å². The third-order valence-electron chi connectivity index (χ3n) is 3.49. The predicted molar refractivity (Wildman–Crippen MR) is 81.6 cm³/mol. The van der Waals surface area contributed by atoms with E-state index in [1.807, 2.05) is 13.8 Å². The molecule has 0 unspecified atom stereocenters. The molecule has 1 N–H and O–H groups in total.